The number of aryl methyl sites for hydroxylation is 1. The van der Waals surface area contributed by atoms with E-state index in [2.05, 4.69) is 20.4 Å². The van der Waals surface area contributed by atoms with Gasteiger partial charge in [-0.05, 0) is 19.8 Å². The molecule has 0 spiro atoms. The van der Waals surface area contributed by atoms with Crippen LogP contribution in [0.4, 0.5) is 9.83 Å². The Morgan fingerprint density at radius 1 is 1.48 bits per heavy atom. The van der Waals surface area contributed by atoms with Crippen LogP contribution in [0.15, 0.2) is 6.20 Å². The summed E-state index contributed by atoms with van der Waals surface area (Å²) in [4.78, 5) is 22.8. The summed E-state index contributed by atoms with van der Waals surface area (Å²) in [7, 11) is 0. The van der Waals surface area contributed by atoms with Gasteiger partial charge in [-0.3, -0.25) is 4.79 Å². The van der Waals surface area contributed by atoms with Gasteiger partial charge in [-0.2, -0.15) is 9.19 Å². The van der Waals surface area contributed by atoms with Crippen LogP contribution in [-0.4, -0.2) is 43.7 Å². The Bertz CT molecular complexity index is 734. The van der Waals surface area contributed by atoms with E-state index >= 15 is 0 Å². The Kier molecular flexibility index (Phi) is 2.78. The zero-order valence-corrected chi connectivity index (χ0v) is 12.1. The number of hydrogen-bond donors (Lipinski definition) is 1. The van der Waals surface area contributed by atoms with E-state index in [1.165, 1.54) is 0 Å². The fraction of sp³-hybridized carbons (Fsp3) is 0.500. The lowest BCUT2D eigenvalue weighted by Gasteiger charge is -2.34. The Balaban J connectivity index is 1.81. The largest absolute Gasteiger partial charge is 0.352 e. The normalized spacial score (nSPS) is 24.7. The van der Waals surface area contributed by atoms with Crippen LogP contribution in [0.3, 0.4) is 0 Å². The maximum atomic E-state index is 12.8. The minimum Gasteiger partial charge on any atom is -0.352 e. The third kappa shape index (κ3) is 1.80. The maximum absolute atomic E-state index is 12.8. The standard InChI is InChI=1S/C12H13FN6OS/c1-6-10-9(19(17-6)21-13)5-15-12(16-10)18-7-2-3-8(18)11(20)14-4-7/h5,7-8H,2-4H2,1H3,(H,14,20). The van der Waals surface area contributed by atoms with Crippen LogP contribution in [-0.2, 0) is 4.79 Å². The van der Waals surface area contributed by atoms with Crippen molar-refractivity contribution in [2.45, 2.75) is 31.8 Å². The van der Waals surface area contributed by atoms with E-state index in [0.29, 0.717) is 29.2 Å². The lowest BCUT2D eigenvalue weighted by molar-refractivity contribution is -0.122. The van der Waals surface area contributed by atoms with Gasteiger partial charge in [0.25, 0.3) is 0 Å². The summed E-state index contributed by atoms with van der Waals surface area (Å²) in [5.74, 6) is 0.551. The fourth-order valence-electron chi connectivity index (χ4n) is 3.17. The molecule has 1 amide bonds. The van der Waals surface area contributed by atoms with Gasteiger partial charge >= 0.3 is 0 Å². The van der Waals surface area contributed by atoms with Crippen LogP contribution in [0.2, 0.25) is 0 Å². The molecule has 2 aromatic rings. The minimum atomic E-state index is -0.202. The van der Waals surface area contributed by atoms with Crippen molar-refractivity contribution in [1.29, 1.82) is 0 Å². The number of rotatable bonds is 2. The Hall–Kier alpha value is -1.90. The fourth-order valence-corrected chi connectivity index (χ4v) is 3.53. The highest BCUT2D eigenvalue weighted by molar-refractivity contribution is 7.92. The molecule has 2 fully saturated rings. The Labute approximate surface area is 124 Å². The van der Waals surface area contributed by atoms with Crippen molar-refractivity contribution in [2.75, 3.05) is 11.4 Å². The molecule has 0 aliphatic carbocycles. The summed E-state index contributed by atoms with van der Waals surface area (Å²) in [5.41, 5.74) is 1.81. The van der Waals surface area contributed by atoms with Crippen molar-refractivity contribution in [3.8, 4) is 0 Å². The average molecular weight is 308 g/mol. The molecular formula is C12H13FN6OS. The van der Waals surface area contributed by atoms with Crippen LogP contribution in [0.5, 0.6) is 0 Å². The van der Waals surface area contributed by atoms with Crippen molar-refractivity contribution in [2.24, 2.45) is 0 Å². The maximum Gasteiger partial charge on any atom is 0.242 e. The van der Waals surface area contributed by atoms with Crippen molar-refractivity contribution >= 4 is 35.2 Å². The Morgan fingerprint density at radius 3 is 3.14 bits per heavy atom. The highest BCUT2D eigenvalue weighted by Crippen LogP contribution is 2.32. The highest BCUT2D eigenvalue weighted by Gasteiger charge is 2.43. The molecule has 1 N–H and O–H groups in total. The molecule has 2 bridgehead atoms. The lowest BCUT2D eigenvalue weighted by Crippen LogP contribution is -2.56. The first-order chi connectivity index (χ1) is 10.2. The van der Waals surface area contributed by atoms with Gasteiger partial charge in [0.1, 0.15) is 17.1 Å². The number of piperazine rings is 1. The summed E-state index contributed by atoms with van der Waals surface area (Å²) >= 11 is 0.0222. The number of nitrogens with zero attached hydrogens (tertiary/aromatic N) is 5. The van der Waals surface area contributed by atoms with Crippen molar-refractivity contribution < 1.29 is 8.68 Å². The molecule has 9 heteroatoms. The molecule has 2 aromatic heterocycles. The van der Waals surface area contributed by atoms with Crippen molar-refractivity contribution in [3.63, 3.8) is 0 Å². The number of amides is 1. The molecule has 2 saturated heterocycles. The first-order valence-corrected chi connectivity index (χ1v) is 7.44. The average Bonchev–Trinajstić information content (AvgIpc) is 3.00. The molecule has 2 aliphatic heterocycles. The van der Waals surface area contributed by atoms with Crippen molar-refractivity contribution in [1.82, 2.24) is 24.5 Å². The van der Waals surface area contributed by atoms with Gasteiger partial charge in [0, 0.05) is 6.54 Å². The van der Waals surface area contributed by atoms with E-state index in [1.807, 2.05) is 4.90 Å². The number of nitrogens with one attached hydrogen (secondary N) is 1. The van der Waals surface area contributed by atoms with E-state index in [-0.39, 0.29) is 30.3 Å². The molecular weight excluding hydrogens is 295 g/mol. The predicted octanol–water partition coefficient (Wildman–Crippen LogP) is 0.983. The van der Waals surface area contributed by atoms with E-state index in [4.69, 9.17) is 0 Å². The highest BCUT2D eigenvalue weighted by atomic mass is 32.2. The van der Waals surface area contributed by atoms with Gasteiger partial charge in [-0.15, -0.1) is 3.89 Å². The number of aromatic nitrogens is 4. The van der Waals surface area contributed by atoms with Gasteiger partial charge < -0.3 is 10.2 Å². The van der Waals surface area contributed by atoms with Gasteiger partial charge in [0.15, 0.2) is 12.3 Å². The van der Waals surface area contributed by atoms with Gasteiger partial charge in [0.2, 0.25) is 11.9 Å². The van der Waals surface area contributed by atoms with E-state index in [0.717, 1.165) is 16.9 Å². The summed E-state index contributed by atoms with van der Waals surface area (Å²) in [6.45, 7) is 2.40. The number of carbonyl (C=O) groups excluding carboxylic acids is 1. The molecule has 110 valence electrons. The first kappa shape index (κ1) is 12.8. The zero-order chi connectivity index (χ0) is 14.6. The second-order valence-corrected chi connectivity index (χ2v) is 5.81. The third-order valence-corrected chi connectivity index (χ3v) is 4.57. The van der Waals surface area contributed by atoms with Crippen LogP contribution in [0.25, 0.3) is 11.0 Å². The summed E-state index contributed by atoms with van der Waals surface area (Å²) < 4.78 is 14.0. The Morgan fingerprint density at radius 2 is 2.33 bits per heavy atom. The minimum absolute atomic E-state index is 0.0222. The number of fused-ring (bicyclic) bond motifs is 3. The SMILES string of the molecule is Cc1nn(SF)c2cnc(N3C4CCC3C(=O)NC4)nc12. The van der Waals surface area contributed by atoms with Crippen LogP contribution in [0, 0.1) is 6.92 Å². The molecule has 0 saturated carbocycles. The lowest BCUT2D eigenvalue weighted by atomic mass is 10.2. The van der Waals surface area contributed by atoms with Gasteiger partial charge in [0.05, 0.1) is 17.9 Å². The molecule has 0 radical (unpaired) electrons. The smallest absolute Gasteiger partial charge is 0.242 e. The number of anilines is 1. The monoisotopic (exact) mass is 308 g/mol. The predicted molar refractivity (Wildman–Crippen MR) is 76.5 cm³/mol. The van der Waals surface area contributed by atoms with E-state index in [9.17, 15) is 8.68 Å². The summed E-state index contributed by atoms with van der Waals surface area (Å²) in [5, 5.41) is 6.97. The second kappa shape index (κ2) is 4.55. The summed E-state index contributed by atoms with van der Waals surface area (Å²) in [6.07, 6.45) is 3.33. The van der Waals surface area contributed by atoms with Crippen LogP contribution < -0.4 is 10.2 Å². The van der Waals surface area contributed by atoms with Gasteiger partial charge in [-0.25, -0.2) is 9.97 Å². The molecule has 4 heterocycles. The quantitative estimate of drug-likeness (QED) is 0.891. The molecule has 4 rings (SSSR count). The molecule has 21 heavy (non-hydrogen) atoms. The topological polar surface area (TPSA) is 75.9 Å². The second-order valence-electron chi connectivity index (χ2n) is 5.33. The third-order valence-electron chi connectivity index (χ3n) is 4.16. The number of hydrogen-bond acceptors (Lipinski definition) is 6. The van der Waals surface area contributed by atoms with Crippen LogP contribution in [0.1, 0.15) is 18.5 Å². The molecule has 7 nitrogen and oxygen atoms in total. The van der Waals surface area contributed by atoms with Crippen molar-refractivity contribution in [3.05, 3.63) is 11.9 Å². The van der Waals surface area contributed by atoms with Gasteiger partial charge in [-0.1, -0.05) is 0 Å². The zero-order valence-electron chi connectivity index (χ0n) is 11.3. The van der Waals surface area contributed by atoms with E-state index in [1.54, 1.807) is 13.1 Å². The molecule has 2 unspecified atom stereocenters. The molecule has 2 aliphatic rings. The first-order valence-electron chi connectivity index (χ1n) is 6.76. The van der Waals surface area contributed by atoms with Crippen LogP contribution >= 0.6 is 12.3 Å². The number of carbonyl (C=O) groups is 1. The molecule has 2 atom stereocenters. The molecule has 0 aromatic carbocycles. The summed E-state index contributed by atoms with van der Waals surface area (Å²) in [6, 6.07) is 0.0307. The number of halogens is 1. The van der Waals surface area contributed by atoms with E-state index < -0.39 is 0 Å².